The van der Waals surface area contributed by atoms with E-state index in [0.717, 1.165) is 75.3 Å². The molecule has 1 heterocycles. The maximum atomic E-state index is 5.54. The van der Waals surface area contributed by atoms with Crippen LogP contribution in [-0.4, -0.2) is 54.1 Å². The Morgan fingerprint density at radius 3 is 2.36 bits per heavy atom. The number of nitrogens with one attached hydrogen (secondary N) is 2. The average Bonchev–Trinajstić information content (AvgIpc) is 2.70. The highest BCUT2D eigenvalue weighted by atomic mass is 35.5. The fraction of sp³-hybridized carbons (Fsp3) is 0.619. The van der Waals surface area contributed by atoms with E-state index in [1.807, 2.05) is 18.2 Å². The van der Waals surface area contributed by atoms with E-state index in [2.05, 4.69) is 40.4 Å². The predicted octanol–water partition coefficient (Wildman–Crippen LogP) is 4.13. The van der Waals surface area contributed by atoms with Crippen LogP contribution in [-0.2, 0) is 0 Å². The fourth-order valence-corrected chi connectivity index (χ4v) is 3.16. The zero-order valence-corrected chi connectivity index (χ0v) is 18.2. The number of unbranched alkanes of at least 4 members (excludes halogenated alkanes) is 3. The van der Waals surface area contributed by atoms with E-state index < -0.39 is 0 Å². The molecule has 0 aliphatic carbocycles. The lowest BCUT2D eigenvalue weighted by atomic mass is 10.2. The van der Waals surface area contributed by atoms with Crippen LogP contribution in [0.2, 0.25) is 0 Å². The molecule has 1 aromatic carbocycles. The van der Waals surface area contributed by atoms with Gasteiger partial charge in [0.15, 0.2) is 0 Å². The van der Waals surface area contributed by atoms with Crippen LogP contribution >= 0.6 is 12.4 Å². The van der Waals surface area contributed by atoms with Crippen molar-refractivity contribution in [2.75, 3.05) is 49.9 Å². The summed E-state index contributed by atoms with van der Waals surface area (Å²) in [6.07, 6.45) is 5.70. The number of para-hydroxylation sites is 1. The van der Waals surface area contributed by atoms with Gasteiger partial charge in [-0.15, -0.1) is 12.4 Å². The van der Waals surface area contributed by atoms with Crippen molar-refractivity contribution in [3.8, 4) is 0 Å². The van der Waals surface area contributed by atoms with E-state index in [4.69, 9.17) is 10.7 Å². The number of nitrogens with zero attached hydrogens (tertiary/aromatic N) is 3. The first kappa shape index (κ1) is 24.4. The third-order valence-corrected chi connectivity index (χ3v) is 4.86. The van der Waals surface area contributed by atoms with Gasteiger partial charge in [0.1, 0.15) is 5.82 Å². The van der Waals surface area contributed by atoms with Gasteiger partial charge < -0.3 is 21.3 Å². The largest absolute Gasteiger partial charge is 0.369 e. The van der Waals surface area contributed by atoms with Crippen molar-refractivity contribution in [3.05, 3.63) is 24.3 Å². The van der Waals surface area contributed by atoms with E-state index in [9.17, 15) is 0 Å². The van der Waals surface area contributed by atoms with Gasteiger partial charge in [-0.05, 0) is 57.6 Å². The zero-order chi connectivity index (χ0) is 19.3. The van der Waals surface area contributed by atoms with E-state index in [-0.39, 0.29) is 12.4 Å². The van der Waals surface area contributed by atoms with E-state index >= 15 is 0 Å². The normalized spacial score (nSPS) is 10.9. The smallest absolute Gasteiger partial charge is 0.225 e. The van der Waals surface area contributed by atoms with Crippen LogP contribution in [0.4, 0.5) is 11.8 Å². The standard InChI is InChI=1S/C21H36N6.ClH/c1-3-27(4-2)17-11-16-23-20-18-12-7-8-13-19(18)25-21(26-20)24-15-10-6-5-9-14-22;/h7-8,12-13H,3-6,9-11,14-17,22H2,1-2H3,(H2,23,24,25,26);1H. The lowest BCUT2D eigenvalue weighted by Crippen LogP contribution is -2.25. The number of aromatic nitrogens is 2. The van der Waals surface area contributed by atoms with Crippen LogP contribution in [0.3, 0.4) is 0 Å². The van der Waals surface area contributed by atoms with Crippen LogP contribution in [0.1, 0.15) is 46.0 Å². The fourth-order valence-electron chi connectivity index (χ4n) is 3.16. The highest BCUT2D eigenvalue weighted by Crippen LogP contribution is 2.21. The van der Waals surface area contributed by atoms with Gasteiger partial charge in [-0.3, -0.25) is 0 Å². The number of hydrogen-bond acceptors (Lipinski definition) is 6. The van der Waals surface area contributed by atoms with Crippen LogP contribution in [0.25, 0.3) is 10.9 Å². The molecule has 0 saturated carbocycles. The molecule has 28 heavy (non-hydrogen) atoms. The van der Waals surface area contributed by atoms with Crippen molar-refractivity contribution in [1.29, 1.82) is 0 Å². The second-order valence-corrected chi connectivity index (χ2v) is 6.85. The van der Waals surface area contributed by atoms with Crippen molar-refractivity contribution >= 4 is 35.1 Å². The molecule has 1 aromatic heterocycles. The molecule has 0 aliphatic heterocycles. The number of nitrogens with two attached hydrogens (primary N) is 1. The summed E-state index contributed by atoms with van der Waals surface area (Å²) in [4.78, 5) is 11.8. The first-order valence-electron chi connectivity index (χ1n) is 10.5. The van der Waals surface area contributed by atoms with E-state index in [1.54, 1.807) is 0 Å². The Bertz CT molecular complexity index is 662. The second kappa shape index (κ2) is 14.4. The van der Waals surface area contributed by atoms with Gasteiger partial charge in [0.2, 0.25) is 5.95 Å². The van der Waals surface area contributed by atoms with Crippen LogP contribution < -0.4 is 16.4 Å². The summed E-state index contributed by atoms with van der Waals surface area (Å²) in [7, 11) is 0. The molecule has 7 heteroatoms. The third kappa shape index (κ3) is 8.17. The number of halogens is 1. The van der Waals surface area contributed by atoms with Gasteiger partial charge in [-0.1, -0.05) is 38.8 Å². The molecule has 0 radical (unpaired) electrons. The molecule has 0 fully saturated rings. The molecule has 0 amide bonds. The van der Waals surface area contributed by atoms with Crippen molar-refractivity contribution in [2.45, 2.75) is 46.0 Å². The molecule has 0 spiro atoms. The van der Waals surface area contributed by atoms with Crippen molar-refractivity contribution in [2.24, 2.45) is 5.73 Å². The molecule has 2 rings (SSSR count). The number of anilines is 2. The zero-order valence-electron chi connectivity index (χ0n) is 17.4. The number of hydrogen-bond donors (Lipinski definition) is 3. The maximum absolute atomic E-state index is 5.54. The van der Waals surface area contributed by atoms with Crippen LogP contribution in [0, 0.1) is 0 Å². The predicted molar refractivity (Wildman–Crippen MR) is 124 cm³/mol. The molecule has 4 N–H and O–H groups in total. The monoisotopic (exact) mass is 408 g/mol. The minimum Gasteiger partial charge on any atom is -0.369 e. The summed E-state index contributed by atoms with van der Waals surface area (Å²) in [6.45, 7) is 10.3. The molecular formula is C21H37ClN6. The Kier molecular flexibility index (Phi) is 12.5. The van der Waals surface area contributed by atoms with Gasteiger partial charge in [-0.2, -0.15) is 4.98 Å². The molecule has 0 bridgehead atoms. The van der Waals surface area contributed by atoms with Gasteiger partial charge in [-0.25, -0.2) is 4.98 Å². The highest BCUT2D eigenvalue weighted by Gasteiger charge is 2.07. The molecule has 0 aliphatic rings. The lowest BCUT2D eigenvalue weighted by Gasteiger charge is -2.18. The minimum atomic E-state index is 0. The van der Waals surface area contributed by atoms with Gasteiger partial charge >= 0.3 is 0 Å². The average molecular weight is 409 g/mol. The first-order chi connectivity index (χ1) is 13.3. The highest BCUT2D eigenvalue weighted by molar-refractivity contribution is 5.90. The Labute approximate surface area is 176 Å². The third-order valence-electron chi connectivity index (χ3n) is 4.86. The summed E-state index contributed by atoms with van der Waals surface area (Å²) < 4.78 is 0. The quantitative estimate of drug-likeness (QED) is 0.408. The number of rotatable bonds is 14. The number of fused-ring (bicyclic) bond motifs is 1. The summed E-state index contributed by atoms with van der Waals surface area (Å²) in [5.74, 6) is 1.63. The number of benzene rings is 1. The van der Waals surface area contributed by atoms with Crippen LogP contribution in [0.15, 0.2) is 24.3 Å². The topological polar surface area (TPSA) is 79.1 Å². The molecule has 158 valence electrons. The lowest BCUT2D eigenvalue weighted by molar-refractivity contribution is 0.303. The maximum Gasteiger partial charge on any atom is 0.225 e. The summed E-state index contributed by atoms with van der Waals surface area (Å²) in [6, 6.07) is 8.19. The molecule has 0 unspecified atom stereocenters. The Morgan fingerprint density at radius 2 is 1.61 bits per heavy atom. The second-order valence-electron chi connectivity index (χ2n) is 6.85. The summed E-state index contributed by atoms with van der Waals surface area (Å²) >= 11 is 0. The van der Waals surface area contributed by atoms with Crippen molar-refractivity contribution in [1.82, 2.24) is 14.9 Å². The van der Waals surface area contributed by atoms with Gasteiger partial charge in [0.05, 0.1) is 5.52 Å². The van der Waals surface area contributed by atoms with E-state index in [0.29, 0.717) is 5.95 Å². The van der Waals surface area contributed by atoms with Crippen molar-refractivity contribution in [3.63, 3.8) is 0 Å². The summed E-state index contributed by atoms with van der Waals surface area (Å²) in [5, 5.41) is 7.98. The van der Waals surface area contributed by atoms with Crippen LogP contribution in [0.5, 0.6) is 0 Å². The van der Waals surface area contributed by atoms with Gasteiger partial charge in [0.25, 0.3) is 0 Å². The molecule has 0 atom stereocenters. The molecule has 2 aromatic rings. The minimum absolute atomic E-state index is 0. The van der Waals surface area contributed by atoms with E-state index in [1.165, 1.54) is 12.8 Å². The Morgan fingerprint density at radius 1 is 0.893 bits per heavy atom. The molecule has 6 nitrogen and oxygen atoms in total. The Balaban J connectivity index is 0.00000392. The SMILES string of the molecule is CCN(CC)CCCNc1nc(NCCCCCCN)nc2ccccc12.Cl. The Hall–Kier alpha value is -1.63. The van der Waals surface area contributed by atoms with Gasteiger partial charge in [0, 0.05) is 18.5 Å². The summed E-state index contributed by atoms with van der Waals surface area (Å²) in [5.41, 5.74) is 6.52. The molecule has 0 saturated heterocycles. The first-order valence-corrected chi connectivity index (χ1v) is 10.5. The van der Waals surface area contributed by atoms with Crippen molar-refractivity contribution < 1.29 is 0 Å². The molecular weight excluding hydrogens is 372 g/mol.